The lowest BCUT2D eigenvalue weighted by Crippen LogP contribution is -2.63. The summed E-state index contributed by atoms with van der Waals surface area (Å²) in [5.74, 6) is -6.04. The molecule has 4 atom stereocenters. The lowest BCUT2D eigenvalue weighted by molar-refractivity contribution is -0.148. The van der Waals surface area contributed by atoms with Crippen molar-refractivity contribution in [3.63, 3.8) is 0 Å². The maximum atomic E-state index is 13.8. The summed E-state index contributed by atoms with van der Waals surface area (Å²) < 4.78 is 5.52. The molecule has 2 aromatic rings. The Kier molecular flexibility index (Phi) is 6.27. The fourth-order valence-electron chi connectivity index (χ4n) is 6.42. The summed E-state index contributed by atoms with van der Waals surface area (Å²) in [7, 11) is 3.19. The van der Waals surface area contributed by atoms with E-state index in [1.54, 1.807) is 32.3 Å². The van der Waals surface area contributed by atoms with Gasteiger partial charge in [0.15, 0.2) is 11.4 Å². The molecule has 0 spiro atoms. The number of carbonyl (C=O) groups is 3. The van der Waals surface area contributed by atoms with Crippen molar-refractivity contribution in [2.45, 2.75) is 31.4 Å². The first-order valence-electron chi connectivity index (χ1n) is 12.7. The zero-order valence-corrected chi connectivity index (χ0v) is 21.8. The number of carbonyl (C=O) groups excluding carboxylic acids is 3. The smallest absolute Gasteiger partial charge is 0.255 e. The lowest BCUT2D eigenvalue weighted by atomic mass is 9.58. The van der Waals surface area contributed by atoms with E-state index in [1.807, 2.05) is 19.1 Å². The number of hydrogen-bond donors (Lipinski definition) is 5. The molecule has 39 heavy (non-hydrogen) atoms. The van der Waals surface area contributed by atoms with Gasteiger partial charge in [0.25, 0.3) is 5.91 Å². The number of ketones is 2. The number of amides is 1. The number of ether oxygens (including phenoxy) is 1. The normalized spacial score (nSPS) is 26.3. The molecule has 10 heteroatoms. The van der Waals surface area contributed by atoms with Crippen LogP contribution in [0, 0.1) is 11.8 Å². The molecule has 5 rings (SSSR count). The van der Waals surface area contributed by atoms with Gasteiger partial charge in [0.1, 0.15) is 28.6 Å². The number of phenols is 1. The summed E-state index contributed by atoms with van der Waals surface area (Å²) in [4.78, 5) is 40.8. The Morgan fingerprint density at radius 3 is 2.36 bits per heavy atom. The zero-order valence-electron chi connectivity index (χ0n) is 21.8. The number of primary amides is 1. The van der Waals surface area contributed by atoms with Gasteiger partial charge >= 0.3 is 0 Å². The molecule has 2 aromatic carbocycles. The number of fused-ring (bicyclic) bond motifs is 3. The van der Waals surface area contributed by atoms with Crippen molar-refractivity contribution in [3.05, 3.63) is 70.2 Å². The van der Waals surface area contributed by atoms with Crippen LogP contribution < -0.4 is 10.5 Å². The highest BCUT2D eigenvalue weighted by atomic mass is 16.5. The van der Waals surface area contributed by atoms with E-state index in [2.05, 4.69) is 0 Å². The SMILES string of the molecule is CCOc1ccc(-c2ccc(O)c3c2CC2CC4C(N(C)C)C(O)=C(C(N)=O)C(=O)C4(O)C(O)=C2C3=O)cc1. The summed E-state index contributed by atoms with van der Waals surface area (Å²) >= 11 is 0. The van der Waals surface area contributed by atoms with Crippen LogP contribution in [0.4, 0.5) is 0 Å². The van der Waals surface area contributed by atoms with Crippen LogP contribution in [0.15, 0.2) is 59.1 Å². The average Bonchev–Trinajstić information content (AvgIpc) is 2.87. The predicted molar refractivity (Wildman–Crippen MR) is 140 cm³/mol. The Bertz CT molecular complexity index is 1470. The third-order valence-corrected chi connectivity index (χ3v) is 8.08. The first-order valence-corrected chi connectivity index (χ1v) is 12.7. The van der Waals surface area contributed by atoms with Crippen LogP contribution >= 0.6 is 0 Å². The van der Waals surface area contributed by atoms with Crippen LogP contribution in [0.2, 0.25) is 0 Å². The number of Topliss-reactive ketones (excluding diaryl/α,β-unsaturated/α-hetero) is 2. The standard InChI is InChI=1S/C29H30N2O8/c1-4-39-15-7-5-13(6-8-15)16-9-10-19(32)21-17(16)11-14-12-18-23(31(2)3)25(34)22(28(30)37)27(36)29(18,38)26(35)20(14)24(21)33/h5-10,14,18,23,32,34-35,38H,4,11-12H2,1-3H3,(H2,30,37). The molecule has 0 heterocycles. The van der Waals surface area contributed by atoms with Crippen LogP contribution in [0.5, 0.6) is 11.5 Å². The molecule has 4 unspecified atom stereocenters. The Hall–Kier alpha value is -4.15. The molecule has 3 aliphatic rings. The van der Waals surface area contributed by atoms with Crippen LogP contribution in [0.25, 0.3) is 11.1 Å². The van der Waals surface area contributed by atoms with E-state index in [4.69, 9.17) is 10.5 Å². The monoisotopic (exact) mass is 534 g/mol. The molecule has 1 amide bonds. The number of nitrogens with zero attached hydrogens (tertiary/aromatic N) is 1. The van der Waals surface area contributed by atoms with E-state index >= 15 is 0 Å². The van der Waals surface area contributed by atoms with Crippen LogP contribution in [0.1, 0.15) is 29.3 Å². The summed E-state index contributed by atoms with van der Waals surface area (Å²) in [5.41, 5.74) is 3.73. The Balaban J connectivity index is 1.68. The molecular formula is C29H30N2O8. The van der Waals surface area contributed by atoms with Gasteiger partial charge < -0.3 is 30.9 Å². The van der Waals surface area contributed by atoms with Gasteiger partial charge in [-0.25, -0.2) is 0 Å². The molecule has 0 aromatic heterocycles. The minimum absolute atomic E-state index is 0.0258. The van der Waals surface area contributed by atoms with E-state index in [1.165, 1.54) is 11.0 Å². The molecule has 204 valence electrons. The van der Waals surface area contributed by atoms with Gasteiger partial charge in [0.2, 0.25) is 5.78 Å². The number of aromatic hydroxyl groups is 1. The highest BCUT2D eigenvalue weighted by Crippen LogP contribution is 2.53. The van der Waals surface area contributed by atoms with Crippen LogP contribution in [0.3, 0.4) is 0 Å². The zero-order chi connectivity index (χ0) is 28.4. The van der Waals surface area contributed by atoms with E-state index in [-0.39, 0.29) is 29.7 Å². The van der Waals surface area contributed by atoms with Gasteiger partial charge in [-0.05, 0) is 74.7 Å². The largest absolute Gasteiger partial charge is 0.510 e. The maximum absolute atomic E-state index is 13.8. The second-order valence-electron chi connectivity index (χ2n) is 10.4. The number of likely N-dealkylation sites (N-methyl/N-ethyl adjacent to an activating group) is 1. The average molecular weight is 535 g/mol. The fraction of sp³-hybridized carbons (Fsp3) is 0.345. The quantitative estimate of drug-likeness (QED) is 0.361. The third-order valence-electron chi connectivity index (χ3n) is 8.08. The molecule has 0 bridgehead atoms. The number of benzene rings is 2. The number of allylic oxidation sites excluding steroid dienone is 1. The van der Waals surface area contributed by atoms with Crippen LogP contribution in [-0.4, -0.2) is 75.1 Å². The van der Waals surface area contributed by atoms with Crippen molar-refractivity contribution in [3.8, 4) is 22.6 Å². The van der Waals surface area contributed by atoms with Gasteiger partial charge in [-0.3, -0.25) is 19.3 Å². The molecule has 10 nitrogen and oxygen atoms in total. The van der Waals surface area contributed by atoms with Crippen molar-refractivity contribution in [2.24, 2.45) is 17.6 Å². The fourth-order valence-corrected chi connectivity index (χ4v) is 6.42. The molecule has 0 fully saturated rings. The first-order chi connectivity index (χ1) is 18.4. The highest BCUT2D eigenvalue weighted by molar-refractivity contribution is 6.24. The molecule has 6 N–H and O–H groups in total. The summed E-state index contributed by atoms with van der Waals surface area (Å²) in [6, 6.07) is 9.38. The lowest BCUT2D eigenvalue weighted by Gasteiger charge is -2.50. The molecule has 0 saturated carbocycles. The van der Waals surface area contributed by atoms with Gasteiger partial charge in [-0.2, -0.15) is 0 Å². The van der Waals surface area contributed by atoms with Crippen molar-refractivity contribution in [1.29, 1.82) is 0 Å². The molecule has 0 aliphatic heterocycles. The van der Waals surface area contributed by atoms with E-state index in [0.717, 1.165) is 5.56 Å². The number of aliphatic hydroxyl groups is 3. The number of nitrogens with two attached hydrogens (primary N) is 1. The third kappa shape index (κ3) is 3.74. The topological polar surface area (TPSA) is 171 Å². The van der Waals surface area contributed by atoms with E-state index in [0.29, 0.717) is 23.5 Å². The van der Waals surface area contributed by atoms with Crippen LogP contribution in [-0.2, 0) is 16.0 Å². The highest BCUT2D eigenvalue weighted by Gasteiger charge is 2.63. The minimum atomic E-state index is -2.66. The number of phenolic OH excluding ortho intramolecular Hbond substituents is 1. The predicted octanol–water partition coefficient (Wildman–Crippen LogP) is 2.19. The minimum Gasteiger partial charge on any atom is -0.510 e. The van der Waals surface area contributed by atoms with Crippen molar-refractivity contribution < 1.29 is 39.5 Å². The van der Waals surface area contributed by atoms with Crippen molar-refractivity contribution in [1.82, 2.24) is 4.90 Å². The van der Waals surface area contributed by atoms with Crippen molar-refractivity contribution in [2.75, 3.05) is 20.7 Å². The summed E-state index contributed by atoms with van der Waals surface area (Å²) in [5, 5.41) is 44.7. The van der Waals surface area contributed by atoms with Gasteiger partial charge in [-0.1, -0.05) is 18.2 Å². The Morgan fingerprint density at radius 1 is 1.10 bits per heavy atom. The molecule has 0 saturated heterocycles. The van der Waals surface area contributed by atoms with Gasteiger partial charge in [0.05, 0.1) is 18.2 Å². The second kappa shape index (κ2) is 9.25. The Morgan fingerprint density at radius 2 is 1.77 bits per heavy atom. The molecule has 0 radical (unpaired) electrons. The first kappa shape index (κ1) is 26.5. The number of hydrogen-bond acceptors (Lipinski definition) is 9. The summed E-state index contributed by atoms with van der Waals surface area (Å²) in [6.45, 7) is 2.39. The summed E-state index contributed by atoms with van der Waals surface area (Å²) in [6.07, 6.45) is 0.246. The Labute approximate surface area is 224 Å². The molecule has 3 aliphatic carbocycles. The number of aliphatic hydroxyl groups excluding tert-OH is 2. The van der Waals surface area contributed by atoms with E-state index in [9.17, 15) is 34.8 Å². The van der Waals surface area contributed by atoms with Crippen molar-refractivity contribution >= 4 is 17.5 Å². The van der Waals surface area contributed by atoms with E-state index < -0.39 is 58.0 Å². The van der Waals surface area contributed by atoms with Gasteiger partial charge in [0, 0.05) is 11.5 Å². The maximum Gasteiger partial charge on any atom is 0.255 e. The van der Waals surface area contributed by atoms with Gasteiger partial charge in [-0.15, -0.1) is 0 Å². The molecular weight excluding hydrogens is 504 g/mol. The number of rotatable bonds is 5. The second-order valence-corrected chi connectivity index (χ2v) is 10.4.